The Labute approximate surface area is 189 Å². The number of rotatable bonds is 7. The van der Waals surface area contributed by atoms with E-state index in [2.05, 4.69) is 9.97 Å². The molecule has 0 fully saturated rings. The van der Waals surface area contributed by atoms with Crippen molar-refractivity contribution < 1.29 is 18.9 Å². The van der Waals surface area contributed by atoms with Crippen LogP contribution in [-0.2, 0) is 21.1 Å². The van der Waals surface area contributed by atoms with Crippen LogP contribution in [-0.4, -0.2) is 64.2 Å². The predicted molar refractivity (Wildman–Crippen MR) is 122 cm³/mol. The Morgan fingerprint density at radius 1 is 1.27 bits per heavy atom. The van der Waals surface area contributed by atoms with Gasteiger partial charge in [0.05, 0.1) is 6.54 Å². The molecule has 33 heavy (non-hydrogen) atoms. The van der Waals surface area contributed by atoms with E-state index >= 15 is 0 Å². The molecule has 0 saturated carbocycles. The summed E-state index contributed by atoms with van der Waals surface area (Å²) in [5.74, 6) is -1.56. The zero-order chi connectivity index (χ0) is 24.5. The quantitative estimate of drug-likeness (QED) is 0.429. The molecule has 2 atom stereocenters. The second-order valence-corrected chi connectivity index (χ2v) is 9.66. The third-order valence-electron chi connectivity index (χ3n) is 5.17. The Balaban J connectivity index is 2.32. The van der Waals surface area contributed by atoms with Crippen LogP contribution in [0.15, 0.2) is 40.3 Å². The van der Waals surface area contributed by atoms with Crippen molar-refractivity contribution in [3.05, 3.63) is 46.4 Å². The summed E-state index contributed by atoms with van der Waals surface area (Å²) >= 11 is 0. The summed E-state index contributed by atoms with van der Waals surface area (Å²) in [6.07, 6.45) is 0.442. The van der Waals surface area contributed by atoms with Crippen molar-refractivity contribution in [1.29, 1.82) is 4.78 Å². The van der Waals surface area contributed by atoms with Crippen LogP contribution >= 0.6 is 0 Å². The Bertz CT molecular complexity index is 1380. The lowest BCUT2D eigenvalue weighted by molar-refractivity contribution is -0.141. The Kier molecular flexibility index (Phi) is 6.53. The highest BCUT2D eigenvalue weighted by atomic mass is 32.2. The number of aromatic nitrogens is 4. The van der Waals surface area contributed by atoms with E-state index in [1.807, 2.05) is 0 Å². The van der Waals surface area contributed by atoms with Crippen LogP contribution in [0.4, 0.5) is 10.6 Å². The van der Waals surface area contributed by atoms with Gasteiger partial charge in [0.15, 0.2) is 11.5 Å². The van der Waals surface area contributed by atoms with Crippen molar-refractivity contribution in [2.75, 3.05) is 18.5 Å². The number of nitrogens with one attached hydrogen (secondary N) is 1. The van der Waals surface area contributed by atoms with E-state index in [-0.39, 0.29) is 34.4 Å². The van der Waals surface area contributed by atoms with Crippen LogP contribution in [0.3, 0.4) is 0 Å². The first-order valence-electron chi connectivity index (χ1n) is 10.1. The Hall–Kier alpha value is -3.74. The second-order valence-electron chi connectivity index (χ2n) is 7.54. The van der Waals surface area contributed by atoms with Gasteiger partial charge in [-0.3, -0.25) is 4.57 Å². The van der Waals surface area contributed by atoms with E-state index < -0.39 is 33.5 Å². The predicted octanol–water partition coefficient (Wildman–Crippen LogP) is 1.41. The summed E-state index contributed by atoms with van der Waals surface area (Å²) in [4.78, 5) is 46.9. The molecule has 0 bridgehead atoms. The van der Waals surface area contributed by atoms with E-state index in [0.29, 0.717) is 11.0 Å². The number of imidazole rings is 1. The minimum absolute atomic E-state index is 0.000628. The summed E-state index contributed by atoms with van der Waals surface area (Å²) in [5, 5.41) is 8.95. The highest BCUT2D eigenvalue weighted by molar-refractivity contribution is 7.92. The molecule has 0 radical (unpaired) electrons. The highest BCUT2D eigenvalue weighted by Gasteiger charge is 2.30. The molecule has 2 aromatic heterocycles. The molecule has 0 spiro atoms. The summed E-state index contributed by atoms with van der Waals surface area (Å²) < 4.78 is 22.8. The van der Waals surface area contributed by atoms with Crippen LogP contribution in [0.1, 0.15) is 25.8 Å². The van der Waals surface area contributed by atoms with Gasteiger partial charge in [-0.1, -0.05) is 37.3 Å². The minimum Gasteiger partial charge on any atom is -0.480 e. The molecule has 3 rings (SSSR count). The van der Waals surface area contributed by atoms with Crippen LogP contribution < -0.4 is 11.4 Å². The number of carboxylic acid groups (broad SMARTS) is 1. The van der Waals surface area contributed by atoms with E-state index in [0.717, 1.165) is 10.5 Å². The average Bonchev–Trinajstić information content (AvgIpc) is 3.04. The zero-order valence-corrected chi connectivity index (χ0v) is 19.2. The zero-order valence-electron chi connectivity index (χ0n) is 18.4. The molecule has 0 aliphatic carbocycles. The van der Waals surface area contributed by atoms with Gasteiger partial charge in [-0.05, 0) is 18.9 Å². The summed E-state index contributed by atoms with van der Waals surface area (Å²) in [6, 6.07) is 6.74. The molecule has 0 aliphatic heterocycles. The largest absolute Gasteiger partial charge is 0.480 e. The molecule has 176 valence electrons. The van der Waals surface area contributed by atoms with Gasteiger partial charge < -0.3 is 15.7 Å². The van der Waals surface area contributed by atoms with Gasteiger partial charge in [-0.2, -0.15) is 4.98 Å². The van der Waals surface area contributed by atoms with E-state index in [1.54, 1.807) is 37.3 Å². The van der Waals surface area contributed by atoms with Crippen molar-refractivity contribution in [3.8, 4) is 0 Å². The molecule has 1 aromatic carbocycles. The summed E-state index contributed by atoms with van der Waals surface area (Å²) in [6.45, 7) is 3.07. The number of carbonyl (C=O) groups is 2. The number of fused-ring (bicyclic) bond motifs is 1. The van der Waals surface area contributed by atoms with Crippen molar-refractivity contribution in [3.63, 3.8) is 0 Å². The normalized spacial score (nSPS) is 14.0. The van der Waals surface area contributed by atoms with Gasteiger partial charge >= 0.3 is 17.7 Å². The van der Waals surface area contributed by atoms with Gasteiger partial charge in [0.25, 0.3) is 0 Å². The van der Waals surface area contributed by atoms with Gasteiger partial charge in [0.1, 0.15) is 21.3 Å². The molecule has 12 nitrogen and oxygen atoms in total. The third-order valence-corrected chi connectivity index (χ3v) is 6.93. The molecule has 3 aromatic rings. The van der Waals surface area contributed by atoms with Gasteiger partial charge in [-0.25, -0.2) is 32.9 Å². The number of hydrogen-bond donors (Lipinski definition) is 3. The Morgan fingerprint density at radius 3 is 2.48 bits per heavy atom. The first kappa shape index (κ1) is 23.9. The SMILES string of the molecule is CCCS(=N)(=O)c1nc(N)c2c(n1)n(Cc1ccccc1)c(=O)n2C(=O)N(C)[C@@H](C)C(=O)O. The monoisotopic (exact) mass is 475 g/mol. The number of hydrogen-bond acceptors (Lipinski definition) is 8. The number of carboxylic acids is 1. The average molecular weight is 476 g/mol. The van der Waals surface area contributed by atoms with Crippen molar-refractivity contribution in [2.45, 2.75) is 38.0 Å². The molecular formula is C20H25N7O5S. The maximum absolute atomic E-state index is 13.4. The second kappa shape index (κ2) is 9.02. The smallest absolute Gasteiger partial charge is 0.339 e. The molecule has 1 unspecified atom stereocenters. The first-order chi connectivity index (χ1) is 15.5. The minimum atomic E-state index is -3.38. The van der Waals surface area contributed by atoms with Gasteiger partial charge in [0, 0.05) is 12.8 Å². The standard InChI is InChI=1S/C20H25N7O5S/c1-4-10-33(22,32)18-23-15(21)14-16(24-18)26(11-13-8-6-5-7-9-13)20(31)27(14)19(30)25(3)12(2)17(28)29/h5-9,12,22H,4,10-11H2,1-3H3,(H,28,29)(H2,21,23,24)/t12-,33?/m0/s1. The molecule has 4 N–H and O–H groups in total. The van der Waals surface area contributed by atoms with E-state index in [9.17, 15) is 23.7 Å². The van der Waals surface area contributed by atoms with Crippen molar-refractivity contribution in [1.82, 2.24) is 24.0 Å². The number of benzene rings is 1. The lowest BCUT2D eigenvalue weighted by Crippen LogP contribution is -2.45. The highest BCUT2D eigenvalue weighted by Crippen LogP contribution is 2.22. The Morgan fingerprint density at radius 2 is 1.91 bits per heavy atom. The van der Waals surface area contributed by atoms with E-state index in [1.165, 1.54) is 18.5 Å². The van der Waals surface area contributed by atoms with Crippen LogP contribution in [0.5, 0.6) is 0 Å². The maximum atomic E-state index is 13.4. The summed E-state index contributed by atoms with van der Waals surface area (Å²) in [7, 11) is -2.13. The first-order valence-corrected chi connectivity index (χ1v) is 11.8. The van der Waals surface area contributed by atoms with Crippen molar-refractivity contribution >= 4 is 38.7 Å². The van der Waals surface area contributed by atoms with E-state index in [4.69, 9.17) is 10.5 Å². The molecular weight excluding hydrogens is 450 g/mol. The number of amides is 1. The fourth-order valence-corrected chi connectivity index (χ4v) is 4.49. The third kappa shape index (κ3) is 4.44. The fraction of sp³-hybridized carbons (Fsp3) is 0.350. The van der Waals surface area contributed by atoms with Gasteiger partial charge in [0.2, 0.25) is 5.16 Å². The van der Waals surface area contributed by atoms with Gasteiger partial charge in [-0.15, -0.1) is 0 Å². The van der Waals surface area contributed by atoms with Crippen LogP contribution in [0, 0.1) is 4.78 Å². The number of nitrogens with two attached hydrogens (primary N) is 1. The number of anilines is 1. The van der Waals surface area contributed by atoms with Crippen LogP contribution in [0.25, 0.3) is 11.2 Å². The molecule has 13 heteroatoms. The topological polar surface area (TPSA) is 177 Å². The number of nitrogens with zero attached hydrogens (tertiary/aromatic N) is 5. The maximum Gasteiger partial charge on any atom is 0.339 e. The lowest BCUT2D eigenvalue weighted by atomic mass is 10.2. The van der Waals surface area contributed by atoms with Crippen LogP contribution in [0.2, 0.25) is 0 Å². The van der Waals surface area contributed by atoms with Crippen molar-refractivity contribution in [2.24, 2.45) is 0 Å². The number of nitrogen functional groups attached to an aromatic ring is 1. The molecule has 0 saturated heterocycles. The molecule has 0 aliphatic rings. The molecule has 2 heterocycles. The lowest BCUT2D eigenvalue weighted by Gasteiger charge is -2.21. The molecule has 1 amide bonds. The number of carbonyl (C=O) groups excluding carboxylic acids is 1. The number of likely N-dealkylation sites (N-methyl/N-ethyl adjacent to an activating group) is 1. The summed E-state index contributed by atoms with van der Waals surface area (Å²) in [5.41, 5.74) is 5.79. The number of aliphatic carboxylic acids is 1. The fourth-order valence-electron chi connectivity index (χ4n) is 3.25.